The van der Waals surface area contributed by atoms with E-state index >= 15 is 0 Å². The van der Waals surface area contributed by atoms with Gasteiger partial charge in [-0.1, -0.05) is 50.7 Å². The van der Waals surface area contributed by atoms with Gasteiger partial charge in [0.05, 0.1) is 30.3 Å². The molecule has 1 aromatic heterocycles. The molecule has 0 aliphatic carbocycles. The molecule has 0 saturated heterocycles. The van der Waals surface area contributed by atoms with Crippen molar-refractivity contribution in [3.8, 4) is 0 Å². The average molecular weight is 348 g/mol. The van der Waals surface area contributed by atoms with Crippen molar-refractivity contribution in [3.05, 3.63) is 30.1 Å². The first-order valence-electron chi connectivity index (χ1n) is 9.69. The lowest BCUT2D eigenvalue weighted by Gasteiger charge is -2.12. The summed E-state index contributed by atoms with van der Waals surface area (Å²) >= 11 is 0. The topological polar surface area (TPSA) is 84.3 Å². The van der Waals surface area contributed by atoms with Crippen LogP contribution < -0.4 is 5.73 Å². The normalized spacial score (nSPS) is 12.8. The van der Waals surface area contributed by atoms with Crippen LogP contribution in [0, 0.1) is 0 Å². The number of hydrogen-bond donors (Lipinski definition) is 3. The monoisotopic (exact) mass is 347 g/mol. The van der Waals surface area contributed by atoms with Gasteiger partial charge in [-0.25, -0.2) is 4.98 Å². The van der Waals surface area contributed by atoms with Crippen molar-refractivity contribution in [3.63, 3.8) is 0 Å². The van der Waals surface area contributed by atoms with E-state index in [2.05, 4.69) is 4.57 Å². The minimum absolute atomic E-state index is 0.226. The molecule has 25 heavy (non-hydrogen) atoms. The molecule has 1 unspecified atom stereocenters. The van der Waals surface area contributed by atoms with E-state index in [1.807, 2.05) is 24.3 Å². The molecule has 5 nitrogen and oxygen atoms in total. The maximum atomic E-state index is 9.84. The molecule has 1 aromatic carbocycles. The number of unbranched alkanes of at least 4 members (excludes halogenated alkanes) is 7. The largest absolute Gasteiger partial charge is 0.394 e. The predicted octanol–water partition coefficient (Wildman–Crippen LogP) is 3.01. The molecule has 0 fully saturated rings. The van der Waals surface area contributed by atoms with Gasteiger partial charge in [-0.15, -0.1) is 0 Å². The van der Waals surface area contributed by atoms with Gasteiger partial charge >= 0.3 is 0 Å². The third-order valence-corrected chi connectivity index (χ3v) is 4.69. The number of imidazole rings is 1. The summed E-state index contributed by atoms with van der Waals surface area (Å²) in [4.78, 5) is 4.73. The highest BCUT2D eigenvalue weighted by Crippen LogP contribution is 2.19. The van der Waals surface area contributed by atoms with Crippen LogP contribution in [0.2, 0.25) is 0 Å². The van der Waals surface area contributed by atoms with Crippen LogP contribution in [0.1, 0.15) is 57.2 Å². The first kappa shape index (κ1) is 19.9. The zero-order chi connectivity index (χ0) is 17.9. The molecule has 1 heterocycles. The number of aliphatic hydroxyl groups excluding tert-OH is 2. The van der Waals surface area contributed by atoms with Crippen molar-refractivity contribution < 1.29 is 10.2 Å². The van der Waals surface area contributed by atoms with Crippen molar-refractivity contribution in [2.75, 3.05) is 13.2 Å². The fourth-order valence-corrected chi connectivity index (χ4v) is 3.28. The fourth-order valence-electron chi connectivity index (χ4n) is 3.28. The highest BCUT2D eigenvalue weighted by Gasteiger charge is 2.13. The van der Waals surface area contributed by atoms with Crippen LogP contribution in [0.25, 0.3) is 11.0 Å². The summed E-state index contributed by atoms with van der Waals surface area (Å²) in [6.07, 6.45) is 10.1. The molecule has 140 valence electrons. The number of hydrogen-bond acceptors (Lipinski definition) is 4. The number of para-hydroxylation sites is 2. The van der Waals surface area contributed by atoms with Crippen LogP contribution in [0.3, 0.4) is 0 Å². The Bertz CT molecular complexity index is 612. The first-order valence-corrected chi connectivity index (χ1v) is 9.69. The SMILES string of the molecule is NCCCCCCCCCCc1nc2ccccc2n1CC(O)CO. The van der Waals surface area contributed by atoms with Crippen LogP contribution in [0.4, 0.5) is 0 Å². The zero-order valence-corrected chi connectivity index (χ0v) is 15.2. The summed E-state index contributed by atoms with van der Waals surface area (Å²) in [5, 5.41) is 19.0. The van der Waals surface area contributed by atoms with E-state index in [0.717, 1.165) is 42.7 Å². The van der Waals surface area contributed by atoms with Crippen LogP contribution in [0.5, 0.6) is 0 Å². The number of nitrogens with zero attached hydrogens (tertiary/aromatic N) is 2. The second-order valence-corrected chi connectivity index (χ2v) is 6.83. The third kappa shape index (κ3) is 6.42. The predicted molar refractivity (Wildman–Crippen MR) is 103 cm³/mol. The van der Waals surface area contributed by atoms with Crippen LogP contribution >= 0.6 is 0 Å². The Morgan fingerprint density at radius 3 is 2.28 bits per heavy atom. The number of rotatable bonds is 13. The Balaban J connectivity index is 1.81. The van der Waals surface area contributed by atoms with E-state index in [4.69, 9.17) is 15.8 Å². The number of benzene rings is 1. The number of aromatic nitrogens is 2. The Labute approximate surface area is 150 Å². The molecule has 2 aromatic rings. The summed E-state index contributed by atoms with van der Waals surface area (Å²) in [6, 6.07) is 8.00. The summed E-state index contributed by atoms with van der Waals surface area (Å²) in [5.74, 6) is 1.01. The lowest BCUT2D eigenvalue weighted by atomic mass is 10.1. The molecule has 2 rings (SSSR count). The van der Waals surface area contributed by atoms with Crippen LogP contribution in [-0.2, 0) is 13.0 Å². The second kappa shape index (κ2) is 11.2. The number of aliphatic hydroxyl groups is 2. The third-order valence-electron chi connectivity index (χ3n) is 4.69. The summed E-state index contributed by atoms with van der Waals surface area (Å²) in [7, 11) is 0. The number of nitrogens with two attached hydrogens (primary N) is 1. The van der Waals surface area contributed by atoms with E-state index in [0.29, 0.717) is 6.54 Å². The van der Waals surface area contributed by atoms with Crippen LogP contribution in [0.15, 0.2) is 24.3 Å². The Kier molecular flexibility index (Phi) is 8.94. The molecule has 0 bridgehead atoms. The lowest BCUT2D eigenvalue weighted by molar-refractivity contribution is 0.0814. The quantitative estimate of drug-likeness (QED) is 0.486. The minimum atomic E-state index is -0.745. The minimum Gasteiger partial charge on any atom is -0.394 e. The fraction of sp³-hybridized carbons (Fsp3) is 0.650. The zero-order valence-electron chi connectivity index (χ0n) is 15.2. The molecular formula is C20H33N3O2. The standard InChI is InChI=1S/C20H33N3O2/c21-14-10-6-4-2-1-3-5-7-13-20-22-18-11-8-9-12-19(18)23(20)15-17(25)16-24/h8-9,11-12,17,24-25H,1-7,10,13-16,21H2. The van der Waals surface area contributed by atoms with E-state index in [1.165, 1.54) is 38.5 Å². The molecule has 1 atom stereocenters. The molecule has 0 aliphatic rings. The van der Waals surface area contributed by atoms with Gasteiger partial charge in [0.15, 0.2) is 0 Å². The maximum absolute atomic E-state index is 9.84. The second-order valence-electron chi connectivity index (χ2n) is 6.83. The van der Waals surface area contributed by atoms with Gasteiger partial charge in [0.1, 0.15) is 5.82 Å². The Hall–Kier alpha value is -1.43. The van der Waals surface area contributed by atoms with E-state index in [9.17, 15) is 5.11 Å². The van der Waals surface area contributed by atoms with Crippen molar-refractivity contribution >= 4 is 11.0 Å². The van der Waals surface area contributed by atoms with Crippen molar-refractivity contribution in [1.29, 1.82) is 0 Å². The summed E-state index contributed by atoms with van der Waals surface area (Å²) in [5.41, 5.74) is 7.50. The molecular weight excluding hydrogens is 314 g/mol. The van der Waals surface area contributed by atoms with Gasteiger partial charge in [-0.3, -0.25) is 0 Å². The lowest BCUT2D eigenvalue weighted by Crippen LogP contribution is -2.21. The highest BCUT2D eigenvalue weighted by atomic mass is 16.3. The van der Waals surface area contributed by atoms with Crippen molar-refractivity contribution in [1.82, 2.24) is 9.55 Å². The number of fused-ring (bicyclic) bond motifs is 1. The molecule has 0 radical (unpaired) electrons. The van der Waals surface area contributed by atoms with E-state index in [1.54, 1.807) is 0 Å². The van der Waals surface area contributed by atoms with Gasteiger partial charge in [0.2, 0.25) is 0 Å². The molecule has 0 amide bonds. The van der Waals surface area contributed by atoms with Gasteiger partial charge in [-0.2, -0.15) is 0 Å². The Morgan fingerprint density at radius 2 is 1.60 bits per heavy atom. The van der Waals surface area contributed by atoms with Crippen molar-refractivity contribution in [2.24, 2.45) is 5.73 Å². The molecule has 4 N–H and O–H groups in total. The van der Waals surface area contributed by atoms with Gasteiger partial charge in [0, 0.05) is 6.42 Å². The molecule has 5 heteroatoms. The molecule has 0 spiro atoms. The summed E-state index contributed by atoms with van der Waals surface area (Å²) < 4.78 is 2.06. The number of aryl methyl sites for hydroxylation is 1. The van der Waals surface area contributed by atoms with Crippen molar-refractivity contribution in [2.45, 2.75) is 70.4 Å². The maximum Gasteiger partial charge on any atom is 0.109 e. The summed E-state index contributed by atoms with van der Waals surface area (Å²) in [6.45, 7) is 0.982. The smallest absolute Gasteiger partial charge is 0.109 e. The van der Waals surface area contributed by atoms with Crippen LogP contribution in [-0.4, -0.2) is 39.0 Å². The van der Waals surface area contributed by atoms with Gasteiger partial charge in [-0.05, 0) is 31.5 Å². The Morgan fingerprint density at radius 1 is 0.960 bits per heavy atom. The first-order chi connectivity index (χ1) is 12.3. The average Bonchev–Trinajstić information content (AvgIpc) is 2.98. The van der Waals surface area contributed by atoms with E-state index < -0.39 is 6.10 Å². The molecule has 0 aliphatic heterocycles. The van der Waals surface area contributed by atoms with Gasteiger partial charge < -0.3 is 20.5 Å². The van der Waals surface area contributed by atoms with E-state index in [-0.39, 0.29) is 6.61 Å². The highest BCUT2D eigenvalue weighted by molar-refractivity contribution is 5.75. The van der Waals surface area contributed by atoms with Gasteiger partial charge in [0.25, 0.3) is 0 Å². The molecule has 0 saturated carbocycles.